The molecule has 1 aliphatic rings. The summed E-state index contributed by atoms with van der Waals surface area (Å²) in [6, 6.07) is 8.94. The third-order valence-corrected chi connectivity index (χ3v) is 9.95. The highest BCUT2D eigenvalue weighted by molar-refractivity contribution is 7.61. The van der Waals surface area contributed by atoms with Crippen LogP contribution in [0.1, 0.15) is 152 Å². The van der Waals surface area contributed by atoms with Gasteiger partial charge in [0.05, 0.1) is 0 Å². The maximum Gasteiger partial charge on any atom is 0.495 e. The molecular formula is C36H58O3P+. The van der Waals surface area contributed by atoms with E-state index in [1.54, 1.807) is 0 Å². The lowest BCUT2D eigenvalue weighted by Gasteiger charge is -2.31. The molecule has 0 aromatic heterocycles. The van der Waals surface area contributed by atoms with Gasteiger partial charge < -0.3 is 0 Å². The normalized spacial score (nSPS) is 14.9. The van der Waals surface area contributed by atoms with E-state index < -0.39 is 7.94 Å². The van der Waals surface area contributed by atoms with Gasteiger partial charge in [0, 0.05) is 28.7 Å². The SMILES string of the molecule is CCCCCCCCCCCCC[P+]1(O)Oc2c(cc(C)cc2C(C)(C)C)Cc2cc(C)cc(C(C)(C)C)c2O1. The van der Waals surface area contributed by atoms with Crippen LogP contribution in [0.2, 0.25) is 0 Å². The van der Waals surface area contributed by atoms with Crippen LogP contribution in [0.15, 0.2) is 24.3 Å². The van der Waals surface area contributed by atoms with E-state index in [1.165, 1.54) is 68.9 Å². The van der Waals surface area contributed by atoms with Crippen molar-refractivity contribution in [3.05, 3.63) is 57.6 Å². The fourth-order valence-corrected chi connectivity index (χ4v) is 7.71. The van der Waals surface area contributed by atoms with Crippen LogP contribution in [-0.2, 0) is 17.3 Å². The van der Waals surface area contributed by atoms with Gasteiger partial charge in [0.1, 0.15) is 0 Å². The van der Waals surface area contributed by atoms with Gasteiger partial charge in [-0.15, -0.1) is 0 Å². The van der Waals surface area contributed by atoms with Crippen molar-refractivity contribution in [2.24, 2.45) is 0 Å². The van der Waals surface area contributed by atoms with Crippen LogP contribution in [0.5, 0.6) is 11.5 Å². The van der Waals surface area contributed by atoms with Crippen molar-refractivity contribution in [2.75, 3.05) is 6.16 Å². The molecule has 0 spiro atoms. The average Bonchev–Trinajstić information content (AvgIpc) is 2.83. The molecule has 224 valence electrons. The zero-order chi connectivity index (χ0) is 29.6. The Bertz CT molecular complexity index is 1030. The molecule has 40 heavy (non-hydrogen) atoms. The predicted octanol–water partition coefficient (Wildman–Crippen LogP) is 11.3. The predicted molar refractivity (Wildman–Crippen MR) is 174 cm³/mol. The molecule has 0 bridgehead atoms. The molecule has 2 aromatic carbocycles. The number of aryl methyl sites for hydroxylation is 2. The summed E-state index contributed by atoms with van der Waals surface area (Å²) >= 11 is 0. The van der Waals surface area contributed by atoms with Gasteiger partial charge in [0.25, 0.3) is 0 Å². The van der Waals surface area contributed by atoms with Gasteiger partial charge in [0.2, 0.25) is 0 Å². The zero-order valence-corrected chi connectivity index (χ0v) is 28.1. The third kappa shape index (κ3) is 9.22. The lowest BCUT2D eigenvalue weighted by atomic mass is 9.81. The van der Waals surface area contributed by atoms with Gasteiger partial charge in [-0.2, -0.15) is 4.89 Å². The van der Waals surface area contributed by atoms with Crippen molar-refractivity contribution in [1.82, 2.24) is 0 Å². The highest BCUT2D eigenvalue weighted by Gasteiger charge is 2.48. The minimum absolute atomic E-state index is 0.108. The van der Waals surface area contributed by atoms with Gasteiger partial charge in [0.15, 0.2) is 17.7 Å². The number of rotatable bonds is 12. The zero-order valence-electron chi connectivity index (χ0n) is 27.2. The Morgan fingerprint density at radius 3 is 1.38 bits per heavy atom. The summed E-state index contributed by atoms with van der Waals surface area (Å²) in [6.07, 6.45) is 15.3. The van der Waals surface area contributed by atoms with E-state index in [1.807, 2.05) is 0 Å². The number of unbranched alkanes of at least 4 members (excludes halogenated alkanes) is 10. The summed E-state index contributed by atoms with van der Waals surface area (Å²) in [5.74, 6) is 1.67. The average molecular weight is 570 g/mol. The Kier molecular flexibility index (Phi) is 11.6. The molecule has 4 heteroatoms. The molecule has 0 aliphatic carbocycles. The number of fused-ring (bicyclic) bond motifs is 2. The second kappa shape index (κ2) is 14.1. The molecule has 0 saturated carbocycles. The van der Waals surface area contributed by atoms with Crippen molar-refractivity contribution in [2.45, 2.75) is 150 Å². The van der Waals surface area contributed by atoms with Crippen molar-refractivity contribution < 1.29 is 13.9 Å². The standard InChI is InChI=1S/C36H58O3P/c1-10-11-12-13-14-15-16-17-18-19-20-21-40(37)38-33-29(22-27(2)24-31(33)35(4,5)6)26-30-23-28(3)25-32(34(30)39-40)36(7,8)9/h22-25,37H,10-21,26H2,1-9H3/q+1. The number of hydrogen-bond acceptors (Lipinski definition) is 3. The van der Waals surface area contributed by atoms with E-state index in [2.05, 4.69) is 86.6 Å². The Morgan fingerprint density at radius 1 is 0.625 bits per heavy atom. The minimum Gasteiger partial charge on any atom is -0.277 e. The Balaban J connectivity index is 1.84. The number of benzene rings is 2. The molecule has 2 aromatic rings. The summed E-state index contributed by atoms with van der Waals surface area (Å²) in [7, 11) is -3.20. The topological polar surface area (TPSA) is 38.7 Å². The molecule has 1 N–H and O–H groups in total. The molecule has 0 radical (unpaired) electrons. The van der Waals surface area contributed by atoms with E-state index in [0.717, 1.165) is 53.0 Å². The lowest BCUT2D eigenvalue weighted by molar-refractivity contribution is 0.330. The van der Waals surface area contributed by atoms with Gasteiger partial charge in [-0.05, 0) is 37.5 Å². The molecule has 1 aliphatic heterocycles. The largest absolute Gasteiger partial charge is 0.495 e. The van der Waals surface area contributed by atoms with Crippen LogP contribution in [-0.4, -0.2) is 11.1 Å². The Hall–Kier alpha value is -1.57. The lowest BCUT2D eigenvalue weighted by Crippen LogP contribution is -2.23. The molecule has 3 nitrogen and oxygen atoms in total. The maximum absolute atomic E-state index is 12.2. The molecule has 3 rings (SSSR count). The first-order valence-corrected chi connectivity index (χ1v) is 17.8. The second-order valence-electron chi connectivity index (χ2n) is 14.4. The summed E-state index contributed by atoms with van der Waals surface area (Å²) in [6.45, 7) is 19.9. The molecule has 0 fully saturated rings. The van der Waals surface area contributed by atoms with Crippen LogP contribution in [0.4, 0.5) is 0 Å². The summed E-state index contributed by atoms with van der Waals surface area (Å²) in [5.41, 5.74) is 6.84. The Labute approximate surface area is 247 Å². The third-order valence-electron chi connectivity index (χ3n) is 8.13. The first-order chi connectivity index (χ1) is 18.7. The van der Waals surface area contributed by atoms with Gasteiger partial charge in [-0.25, -0.2) is 0 Å². The van der Waals surface area contributed by atoms with E-state index in [4.69, 9.17) is 9.05 Å². The highest BCUT2D eigenvalue weighted by Crippen LogP contribution is 2.61. The summed E-state index contributed by atoms with van der Waals surface area (Å²) < 4.78 is 13.5. The first-order valence-electron chi connectivity index (χ1n) is 16.0. The molecule has 0 unspecified atom stereocenters. The molecule has 1 heterocycles. The Morgan fingerprint density at radius 2 is 1.00 bits per heavy atom. The molecule has 0 saturated heterocycles. The van der Waals surface area contributed by atoms with Gasteiger partial charge in [-0.1, -0.05) is 142 Å². The summed E-state index contributed by atoms with van der Waals surface area (Å²) in [5, 5.41) is 0. The van der Waals surface area contributed by atoms with Crippen molar-refractivity contribution in [3.8, 4) is 11.5 Å². The highest BCUT2D eigenvalue weighted by atomic mass is 31.2. The van der Waals surface area contributed by atoms with E-state index in [-0.39, 0.29) is 10.8 Å². The summed E-state index contributed by atoms with van der Waals surface area (Å²) in [4.78, 5) is 12.2. The van der Waals surface area contributed by atoms with Crippen LogP contribution in [0, 0.1) is 13.8 Å². The maximum atomic E-state index is 12.2. The monoisotopic (exact) mass is 569 g/mol. The van der Waals surface area contributed by atoms with Crippen molar-refractivity contribution >= 4 is 7.94 Å². The van der Waals surface area contributed by atoms with Crippen molar-refractivity contribution in [1.29, 1.82) is 0 Å². The molecular weight excluding hydrogens is 511 g/mol. The molecule has 0 amide bonds. The minimum atomic E-state index is -3.20. The van der Waals surface area contributed by atoms with E-state index in [9.17, 15) is 4.89 Å². The smallest absolute Gasteiger partial charge is 0.277 e. The second-order valence-corrected chi connectivity index (χ2v) is 16.4. The van der Waals surface area contributed by atoms with Crippen molar-refractivity contribution in [3.63, 3.8) is 0 Å². The quantitative estimate of drug-likeness (QED) is 0.204. The van der Waals surface area contributed by atoms with Crippen LogP contribution < -0.4 is 9.05 Å². The van der Waals surface area contributed by atoms with Gasteiger partial charge in [-0.3, -0.25) is 9.05 Å². The fourth-order valence-electron chi connectivity index (χ4n) is 5.87. The van der Waals surface area contributed by atoms with Crippen LogP contribution >= 0.6 is 7.94 Å². The van der Waals surface area contributed by atoms with Gasteiger partial charge >= 0.3 is 7.94 Å². The molecule has 0 atom stereocenters. The fraction of sp³-hybridized carbons (Fsp3) is 0.667. The first kappa shape index (κ1) is 32.9. The number of hydrogen-bond donors (Lipinski definition) is 1. The van der Waals surface area contributed by atoms with E-state index >= 15 is 0 Å². The van der Waals surface area contributed by atoms with Crippen LogP contribution in [0.3, 0.4) is 0 Å². The van der Waals surface area contributed by atoms with E-state index in [0.29, 0.717) is 6.16 Å². The van der Waals surface area contributed by atoms with Crippen LogP contribution in [0.25, 0.3) is 0 Å².